The standard InChI is InChI=1S/C15H13ClN4OS/c16-10-2-1-3-11(7-10)18-14(21)20-15-19-12-5-4-9(8-17)6-13(12)22-15/h1-3,7,9H,4-6H2,(H2,18,19,20,21). The lowest BCUT2D eigenvalue weighted by molar-refractivity contribution is 0.262. The third-order valence-electron chi connectivity index (χ3n) is 3.43. The van der Waals surface area contributed by atoms with E-state index in [9.17, 15) is 4.79 Å². The zero-order valence-electron chi connectivity index (χ0n) is 11.6. The fourth-order valence-electron chi connectivity index (χ4n) is 2.36. The van der Waals surface area contributed by atoms with E-state index in [2.05, 4.69) is 21.7 Å². The predicted octanol–water partition coefficient (Wildman–Crippen LogP) is 4.07. The van der Waals surface area contributed by atoms with Crippen LogP contribution in [0.2, 0.25) is 5.02 Å². The molecule has 1 atom stereocenters. The minimum absolute atomic E-state index is 0.0566. The van der Waals surface area contributed by atoms with E-state index in [4.69, 9.17) is 16.9 Å². The van der Waals surface area contributed by atoms with Crippen molar-refractivity contribution < 1.29 is 4.79 Å². The molecule has 1 unspecified atom stereocenters. The molecule has 1 aromatic carbocycles. The van der Waals surface area contributed by atoms with Crippen molar-refractivity contribution in [3.8, 4) is 6.07 Å². The number of fused-ring (bicyclic) bond motifs is 1. The summed E-state index contributed by atoms with van der Waals surface area (Å²) in [5.74, 6) is 0.0566. The van der Waals surface area contributed by atoms with Gasteiger partial charge >= 0.3 is 6.03 Å². The van der Waals surface area contributed by atoms with Gasteiger partial charge in [0.05, 0.1) is 17.7 Å². The van der Waals surface area contributed by atoms with Crippen molar-refractivity contribution in [1.29, 1.82) is 5.26 Å². The number of carbonyl (C=O) groups excluding carboxylic acids is 1. The van der Waals surface area contributed by atoms with Gasteiger partial charge in [-0.2, -0.15) is 5.26 Å². The highest BCUT2D eigenvalue weighted by Crippen LogP contribution is 2.32. The molecule has 0 radical (unpaired) electrons. The molecule has 7 heteroatoms. The van der Waals surface area contributed by atoms with Gasteiger partial charge in [0.1, 0.15) is 0 Å². The SMILES string of the molecule is N#CC1CCc2nc(NC(=O)Nc3cccc(Cl)c3)sc2C1. The van der Waals surface area contributed by atoms with E-state index < -0.39 is 0 Å². The third kappa shape index (κ3) is 3.38. The van der Waals surface area contributed by atoms with E-state index in [1.165, 1.54) is 11.3 Å². The summed E-state index contributed by atoms with van der Waals surface area (Å²) in [6.45, 7) is 0. The van der Waals surface area contributed by atoms with Crippen LogP contribution in [0.15, 0.2) is 24.3 Å². The molecule has 2 amide bonds. The van der Waals surface area contributed by atoms with Crippen LogP contribution in [0.4, 0.5) is 15.6 Å². The summed E-state index contributed by atoms with van der Waals surface area (Å²) in [7, 11) is 0. The van der Waals surface area contributed by atoms with Crippen molar-refractivity contribution in [3.05, 3.63) is 39.9 Å². The third-order valence-corrected chi connectivity index (χ3v) is 4.70. The van der Waals surface area contributed by atoms with Crippen molar-refractivity contribution in [2.24, 2.45) is 5.92 Å². The molecule has 0 fully saturated rings. The molecule has 112 valence electrons. The number of amides is 2. The van der Waals surface area contributed by atoms with Gasteiger partial charge in [-0.3, -0.25) is 5.32 Å². The van der Waals surface area contributed by atoms with Gasteiger partial charge in [-0.1, -0.05) is 17.7 Å². The Kier molecular flexibility index (Phi) is 4.27. The smallest absolute Gasteiger partial charge is 0.308 e. The lowest BCUT2D eigenvalue weighted by Gasteiger charge is -2.13. The first kappa shape index (κ1) is 14.8. The molecule has 1 aliphatic rings. The number of carbonyl (C=O) groups is 1. The molecule has 5 nitrogen and oxygen atoms in total. The molecule has 2 N–H and O–H groups in total. The minimum atomic E-state index is -0.356. The number of nitriles is 1. The van der Waals surface area contributed by atoms with E-state index in [1.54, 1.807) is 24.3 Å². The highest BCUT2D eigenvalue weighted by molar-refractivity contribution is 7.15. The Morgan fingerprint density at radius 1 is 1.45 bits per heavy atom. The number of nitrogens with one attached hydrogen (secondary N) is 2. The molecule has 0 spiro atoms. The summed E-state index contributed by atoms with van der Waals surface area (Å²) in [5, 5.41) is 15.6. The second-order valence-electron chi connectivity index (χ2n) is 5.05. The fraction of sp³-hybridized carbons (Fsp3) is 0.267. The first-order valence-corrected chi connectivity index (χ1v) is 8.05. The summed E-state index contributed by atoms with van der Waals surface area (Å²) in [4.78, 5) is 17.5. The largest absolute Gasteiger partial charge is 0.325 e. The Morgan fingerprint density at radius 3 is 3.09 bits per heavy atom. The number of halogens is 1. The van der Waals surface area contributed by atoms with Crippen molar-refractivity contribution in [1.82, 2.24) is 4.98 Å². The number of nitrogens with zero attached hydrogens (tertiary/aromatic N) is 2. The quantitative estimate of drug-likeness (QED) is 0.870. The molecular weight excluding hydrogens is 320 g/mol. The molecule has 0 saturated heterocycles. The summed E-state index contributed by atoms with van der Waals surface area (Å²) in [6, 6.07) is 8.88. The molecule has 0 saturated carbocycles. The fourth-order valence-corrected chi connectivity index (χ4v) is 3.64. The summed E-state index contributed by atoms with van der Waals surface area (Å²) < 4.78 is 0. The molecule has 0 aliphatic heterocycles. The highest BCUT2D eigenvalue weighted by Gasteiger charge is 2.22. The number of hydrogen-bond donors (Lipinski definition) is 2. The van der Waals surface area contributed by atoms with Gasteiger partial charge in [0, 0.05) is 15.6 Å². The topological polar surface area (TPSA) is 77.8 Å². The monoisotopic (exact) mass is 332 g/mol. The number of aryl methyl sites for hydroxylation is 1. The Hall–Kier alpha value is -2.10. The number of rotatable bonds is 2. The number of urea groups is 1. The summed E-state index contributed by atoms with van der Waals surface area (Å²) in [6.07, 6.45) is 2.35. The van der Waals surface area contributed by atoms with E-state index in [0.29, 0.717) is 15.8 Å². The van der Waals surface area contributed by atoms with Crippen molar-refractivity contribution in [2.75, 3.05) is 10.6 Å². The maximum atomic E-state index is 12.0. The number of aromatic nitrogens is 1. The van der Waals surface area contributed by atoms with Crippen molar-refractivity contribution in [2.45, 2.75) is 19.3 Å². The van der Waals surface area contributed by atoms with Crippen LogP contribution >= 0.6 is 22.9 Å². The lowest BCUT2D eigenvalue weighted by Crippen LogP contribution is -2.19. The van der Waals surface area contributed by atoms with Crippen LogP contribution < -0.4 is 10.6 Å². The number of hydrogen-bond acceptors (Lipinski definition) is 4. The molecule has 1 aliphatic carbocycles. The zero-order valence-corrected chi connectivity index (χ0v) is 13.2. The van der Waals surface area contributed by atoms with Crippen LogP contribution in [0.3, 0.4) is 0 Å². The van der Waals surface area contributed by atoms with Crippen LogP contribution in [0.25, 0.3) is 0 Å². The molecule has 1 aromatic heterocycles. The number of anilines is 2. The van der Waals surface area contributed by atoms with Gasteiger partial charge in [0.25, 0.3) is 0 Å². The average molecular weight is 333 g/mol. The molecule has 0 bridgehead atoms. The lowest BCUT2D eigenvalue weighted by atomic mass is 9.92. The Morgan fingerprint density at radius 2 is 2.32 bits per heavy atom. The number of benzene rings is 1. The van der Waals surface area contributed by atoms with Gasteiger partial charge in [-0.25, -0.2) is 9.78 Å². The van der Waals surface area contributed by atoms with Crippen molar-refractivity contribution in [3.63, 3.8) is 0 Å². The summed E-state index contributed by atoms with van der Waals surface area (Å²) >= 11 is 7.31. The van der Waals surface area contributed by atoms with Gasteiger partial charge in [-0.15, -0.1) is 11.3 Å². The average Bonchev–Trinajstić information content (AvgIpc) is 2.87. The van der Waals surface area contributed by atoms with Gasteiger partial charge < -0.3 is 5.32 Å². The first-order valence-electron chi connectivity index (χ1n) is 6.86. The van der Waals surface area contributed by atoms with Crippen LogP contribution in [-0.4, -0.2) is 11.0 Å². The van der Waals surface area contributed by atoms with Crippen LogP contribution in [-0.2, 0) is 12.8 Å². The van der Waals surface area contributed by atoms with Crippen LogP contribution in [0, 0.1) is 17.2 Å². The first-order chi connectivity index (χ1) is 10.6. The molecular formula is C15H13ClN4OS. The maximum Gasteiger partial charge on any atom is 0.325 e. The van der Waals surface area contributed by atoms with Gasteiger partial charge in [-0.05, 0) is 37.5 Å². The number of thiazole rings is 1. The highest BCUT2D eigenvalue weighted by atomic mass is 35.5. The van der Waals surface area contributed by atoms with Gasteiger partial charge in [0.2, 0.25) is 0 Å². The molecule has 2 aromatic rings. The molecule has 22 heavy (non-hydrogen) atoms. The van der Waals surface area contributed by atoms with Crippen LogP contribution in [0.1, 0.15) is 17.0 Å². The van der Waals surface area contributed by atoms with E-state index in [0.717, 1.165) is 29.8 Å². The van der Waals surface area contributed by atoms with Crippen LogP contribution in [0.5, 0.6) is 0 Å². The maximum absolute atomic E-state index is 12.0. The predicted molar refractivity (Wildman–Crippen MR) is 87.3 cm³/mol. The Bertz CT molecular complexity index is 752. The molecule has 1 heterocycles. The summed E-state index contributed by atoms with van der Waals surface area (Å²) in [5.41, 5.74) is 1.62. The van der Waals surface area contributed by atoms with E-state index >= 15 is 0 Å². The Labute approximate surface area is 136 Å². The van der Waals surface area contributed by atoms with Gasteiger partial charge in [0.15, 0.2) is 5.13 Å². The zero-order chi connectivity index (χ0) is 15.5. The second kappa shape index (κ2) is 6.34. The molecule has 3 rings (SSSR count). The Balaban J connectivity index is 1.65. The minimum Gasteiger partial charge on any atom is -0.308 e. The van der Waals surface area contributed by atoms with Crippen molar-refractivity contribution >= 4 is 39.8 Å². The van der Waals surface area contributed by atoms with E-state index in [-0.39, 0.29) is 11.9 Å². The second-order valence-corrected chi connectivity index (χ2v) is 6.57. The normalized spacial score (nSPS) is 16.5. The van der Waals surface area contributed by atoms with E-state index in [1.807, 2.05) is 0 Å².